The molecule has 0 saturated carbocycles. The van der Waals surface area contributed by atoms with E-state index < -0.39 is 0 Å². The van der Waals surface area contributed by atoms with Crippen LogP contribution in [0, 0.1) is 5.82 Å². The Morgan fingerprint density at radius 3 is 2.20 bits per heavy atom. The zero-order valence-corrected chi connectivity index (χ0v) is 14.5. The van der Waals surface area contributed by atoms with Gasteiger partial charge in [-0.25, -0.2) is 4.39 Å². The molecule has 2 atom stereocenters. The second-order valence-electron chi connectivity index (χ2n) is 4.83. The Kier molecular flexibility index (Phi) is 5.35. The second-order valence-corrected chi connectivity index (χ2v) is 6.60. The minimum atomic E-state index is -0.204. The van der Waals surface area contributed by atoms with Crippen molar-refractivity contribution in [2.75, 3.05) is 0 Å². The zero-order valence-electron chi connectivity index (χ0n) is 11.3. The summed E-state index contributed by atoms with van der Waals surface area (Å²) in [6.45, 7) is 4.20. The van der Waals surface area contributed by atoms with Crippen molar-refractivity contribution in [3.63, 3.8) is 0 Å². The Bertz CT molecular complexity index is 584. The number of halogens is 3. The monoisotopic (exact) mass is 399 g/mol. The van der Waals surface area contributed by atoms with E-state index in [0.29, 0.717) is 0 Å². The molecule has 0 aliphatic carbocycles. The molecular weight excluding hydrogens is 385 g/mol. The first-order valence-corrected chi connectivity index (χ1v) is 8.02. The predicted molar refractivity (Wildman–Crippen MR) is 88.2 cm³/mol. The molecule has 0 saturated heterocycles. The van der Waals surface area contributed by atoms with Gasteiger partial charge >= 0.3 is 0 Å². The fraction of sp³-hybridized carbons (Fsp3) is 0.250. The van der Waals surface area contributed by atoms with Gasteiger partial charge in [0.2, 0.25) is 0 Å². The molecule has 0 aliphatic rings. The van der Waals surface area contributed by atoms with Gasteiger partial charge in [-0.3, -0.25) is 0 Å². The summed E-state index contributed by atoms with van der Waals surface area (Å²) >= 11 is 7.04. The van der Waals surface area contributed by atoms with Crippen LogP contribution in [0.15, 0.2) is 51.4 Å². The summed E-state index contributed by atoms with van der Waals surface area (Å²) in [5, 5.41) is 3.52. The first-order valence-electron chi connectivity index (χ1n) is 6.44. The van der Waals surface area contributed by atoms with Gasteiger partial charge in [-0.2, -0.15) is 0 Å². The van der Waals surface area contributed by atoms with Crippen LogP contribution in [0.1, 0.15) is 37.1 Å². The van der Waals surface area contributed by atoms with Crippen molar-refractivity contribution in [1.29, 1.82) is 0 Å². The Labute approximate surface area is 135 Å². The van der Waals surface area contributed by atoms with Gasteiger partial charge in [0.15, 0.2) is 0 Å². The summed E-state index contributed by atoms with van der Waals surface area (Å²) < 4.78 is 15.1. The minimum absolute atomic E-state index is 0.154. The van der Waals surface area contributed by atoms with Crippen molar-refractivity contribution < 1.29 is 4.39 Å². The molecule has 1 N–H and O–H groups in total. The van der Waals surface area contributed by atoms with Gasteiger partial charge in [0.05, 0.1) is 0 Å². The molecule has 0 bridgehead atoms. The van der Waals surface area contributed by atoms with E-state index in [1.54, 1.807) is 0 Å². The topological polar surface area (TPSA) is 12.0 Å². The summed E-state index contributed by atoms with van der Waals surface area (Å²) in [5.74, 6) is -0.204. The molecule has 0 amide bonds. The van der Waals surface area contributed by atoms with E-state index in [0.717, 1.165) is 14.5 Å². The fourth-order valence-electron chi connectivity index (χ4n) is 2.17. The molecule has 2 aromatic rings. The third-order valence-electron chi connectivity index (χ3n) is 3.30. The highest BCUT2D eigenvalue weighted by Gasteiger charge is 2.13. The molecule has 0 aliphatic heterocycles. The molecule has 4 heteroatoms. The van der Waals surface area contributed by atoms with Crippen LogP contribution in [0.5, 0.6) is 0 Å². The summed E-state index contributed by atoms with van der Waals surface area (Å²) in [7, 11) is 0. The molecular formula is C16H16Br2FN. The standard InChI is InChI=1S/C16H16Br2FN/c1-10(12-3-6-14(19)7-4-12)20-11(2)15-8-5-13(17)9-16(15)18/h3-11,20H,1-2H3/t10-,11?/m1/s1. The van der Waals surface area contributed by atoms with Crippen molar-refractivity contribution in [1.82, 2.24) is 5.32 Å². The predicted octanol–water partition coefficient (Wildman–Crippen LogP) is 5.76. The molecule has 0 aromatic heterocycles. The van der Waals surface area contributed by atoms with E-state index in [-0.39, 0.29) is 17.9 Å². The number of rotatable bonds is 4. The summed E-state index contributed by atoms with van der Waals surface area (Å²) in [4.78, 5) is 0. The lowest BCUT2D eigenvalue weighted by Gasteiger charge is -2.22. The van der Waals surface area contributed by atoms with E-state index >= 15 is 0 Å². The van der Waals surface area contributed by atoms with Gasteiger partial charge in [-0.1, -0.05) is 50.1 Å². The van der Waals surface area contributed by atoms with Gasteiger partial charge in [0, 0.05) is 21.0 Å². The van der Waals surface area contributed by atoms with Crippen LogP contribution in [0.4, 0.5) is 4.39 Å². The first-order chi connectivity index (χ1) is 9.47. The van der Waals surface area contributed by atoms with Crippen LogP contribution in [0.2, 0.25) is 0 Å². The zero-order chi connectivity index (χ0) is 14.7. The largest absolute Gasteiger partial charge is 0.304 e. The maximum atomic E-state index is 12.9. The van der Waals surface area contributed by atoms with Crippen LogP contribution in [0.3, 0.4) is 0 Å². The number of benzene rings is 2. The third-order valence-corrected chi connectivity index (χ3v) is 4.48. The lowest BCUT2D eigenvalue weighted by molar-refractivity contribution is 0.492. The number of hydrogen-bond donors (Lipinski definition) is 1. The average molecular weight is 401 g/mol. The first kappa shape index (κ1) is 15.7. The quantitative estimate of drug-likeness (QED) is 0.687. The molecule has 1 nitrogen and oxygen atoms in total. The highest BCUT2D eigenvalue weighted by Crippen LogP contribution is 2.28. The number of hydrogen-bond acceptors (Lipinski definition) is 1. The molecule has 2 rings (SSSR count). The van der Waals surface area contributed by atoms with E-state index in [9.17, 15) is 4.39 Å². The van der Waals surface area contributed by atoms with E-state index in [1.165, 1.54) is 17.7 Å². The molecule has 106 valence electrons. The van der Waals surface area contributed by atoms with Crippen molar-refractivity contribution >= 4 is 31.9 Å². The lowest BCUT2D eigenvalue weighted by atomic mass is 10.0. The van der Waals surface area contributed by atoms with E-state index in [2.05, 4.69) is 57.1 Å². The van der Waals surface area contributed by atoms with E-state index in [4.69, 9.17) is 0 Å². The lowest BCUT2D eigenvalue weighted by Crippen LogP contribution is -2.22. The molecule has 20 heavy (non-hydrogen) atoms. The van der Waals surface area contributed by atoms with Crippen LogP contribution in [-0.4, -0.2) is 0 Å². The van der Waals surface area contributed by atoms with Gasteiger partial charge in [-0.15, -0.1) is 0 Å². The highest BCUT2D eigenvalue weighted by molar-refractivity contribution is 9.11. The fourth-order valence-corrected chi connectivity index (χ4v) is 3.56. The Hall–Kier alpha value is -0.710. The Balaban J connectivity index is 2.10. The van der Waals surface area contributed by atoms with Crippen molar-refractivity contribution in [2.45, 2.75) is 25.9 Å². The van der Waals surface area contributed by atoms with Crippen LogP contribution in [-0.2, 0) is 0 Å². The van der Waals surface area contributed by atoms with Crippen LogP contribution >= 0.6 is 31.9 Å². The SMILES string of the molecule is CC(N[C@H](C)c1ccc(F)cc1)c1ccc(Br)cc1Br. The average Bonchev–Trinajstić information content (AvgIpc) is 2.39. The van der Waals surface area contributed by atoms with Gasteiger partial charge < -0.3 is 5.32 Å². The summed E-state index contributed by atoms with van der Waals surface area (Å²) in [6.07, 6.45) is 0. The van der Waals surface area contributed by atoms with E-state index in [1.807, 2.05) is 24.3 Å². The smallest absolute Gasteiger partial charge is 0.123 e. The molecule has 0 fully saturated rings. The van der Waals surface area contributed by atoms with Gasteiger partial charge in [0.25, 0.3) is 0 Å². The molecule has 0 heterocycles. The molecule has 1 unspecified atom stereocenters. The normalized spacial score (nSPS) is 14.1. The number of nitrogens with one attached hydrogen (secondary N) is 1. The van der Waals surface area contributed by atoms with Crippen molar-refractivity contribution in [3.05, 3.63) is 68.4 Å². The molecule has 0 radical (unpaired) electrons. The van der Waals surface area contributed by atoms with Crippen molar-refractivity contribution in [3.8, 4) is 0 Å². The molecule has 2 aromatic carbocycles. The van der Waals surface area contributed by atoms with Gasteiger partial charge in [0.1, 0.15) is 5.82 Å². The third kappa shape index (κ3) is 3.90. The van der Waals surface area contributed by atoms with Crippen LogP contribution in [0.25, 0.3) is 0 Å². The van der Waals surface area contributed by atoms with Crippen LogP contribution < -0.4 is 5.32 Å². The maximum absolute atomic E-state index is 12.9. The Morgan fingerprint density at radius 2 is 1.60 bits per heavy atom. The maximum Gasteiger partial charge on any atom is 0.123 e. The van der Waals surface area contributed by atoms with Gasteiger partial charge in [-0.05, 0) is 49.2 Å². The summed E-state index contributed by atoms with van der Waals surface area (Å²) in [5.41, 5.74) is 2.27. The minimum Gasteiger partial charge on any atom is -0.304 e. The molecule has 0 spiro atoms. The second kappa shape index (κ2) is 6.83. The van der Waals surface area contributed by atoms with Crippen molar-refractivity contribution in [2.24, 2.45) is 0 Å². The highest BCUT2D eigenvalue weighted by atomic mass is 79.9. The Morgan fingerprint density at radius 1 is 0.950 bits per heavy atom. The summed E-state index contributed by atoms with van der Waals surface area (Å²) in [6, 6.07) is 13.1.